The molecule has 1 aromatic carbocycles. The predicted molar refractivity (Wildman–Crippen MR) is 64.1 cm³/mol. The van der Waals surface area contributed by atoms with E-state index in [2.05, 4.69) is 5.10 Å². The van der Waals surface area contributed by atoms with E-state index in [4.69, 9.17) is 0 Å². The van der Waals surface area contributed by atoms with Gasteiger partial charge in [0, 0.05) is 12.4 Å². The molecule has 86 valence electrons. The molecule has 2 rings (SSSR count). The summed E-state index contributed by atoms with van der Waals surface area (Å²) in [7, 11) is 1.80. The maximum Gasteiger partial charge on any atom is 0.152 e. The van der Waals surface area contributed by atoms with Crippen molar-refractivity contribution in [1.82, 2.24) is 9.78 Å². The molecule has 0 spiro atoms. The highest BCUT2D eigenvalue weighted by atomic mass is 19.1. The van der Waals surface area contributed by atoms with Crippen molar-refractivity contribution < 1.29 is 4.39 Å². The van der Waals surface area contributed by atoms with E-state index in [1.54, 1.807) is 11.7 Å². The van der Waals surface area contributed by atoms with Gasteiger partial charge in [0.2, 0.25) is 0 Å². The Morgan fingerprint density at radius 3 is 2.62 bits per heavy atom. The minimum atomic E-state index is -0.123. The van der Waals surface area contributed by atoms with Gasteiger partial charge in [0.25, 0.3) is 0 Å². The number of nitrogens with zero attached hydrogens (tertiary/aromatic N) is 2. The van der Waals surface area contributed by atoms with Gasteiger partial charge in [-0.25, -0.2) is 4.39 Å². The third kappa shape index (κ3) is 1.51. The summed E-state index contributed by atoms with van der Waals surface area (Å²) in [5.41, 5.74) is 2.35. The molecule has 3 heteroatoms. The Morgan fingerprint density at radius 2 is 2.06 bits per heavy atom. The maximum absolute atomic E-state index is 14.3. The molecule has 0 fully saturated rings. The van der Waals surface area contributed by atoms with Crippen LogP contribution in [0.2, 0.25) is 0 Å². The van der Waals surface area contributed by atoms with Gasteiger partial charge in [0.15, 0.2) is 5.82 Å². The predicted octanol–water partition coefficient (Wildman–Crippen LogP) is 3.40. The summed E-state index contributed by atoms with van der Waals surface area (Å²) in [6.45, 7) is 6.04. The standard InChI is InChI=1S/C13H17FN2/c1-5-11-10-7-6-9(8(2)3)12(14)13(10)16(4)15-11/h6-8H,5H2,1-4H3. The lowest BCUT2D eigenvalue weighted by Gasteiger charge is -2.08. The number of benzene rings is 1. The van der Waals surface area contributed by atoms with Crippen molar-refractivity contribution in [2.45, 2.75) is 33.1 Å². The van der Waals surface area contributed by atoms with Gasteiger partial charge in [-0.1, -0.05) is 32.9 Å². The summed E-state index contributed by atoms with van der Waals surface area (Å²) in [5, 5.41) is 5.28. The van der Waals surface area contributed by atoms with Gasteiger partial charge in [-0.05, 0) is 17.9 Å². The van der Waals surface area contributed by atoms with Gasteiger partial charge in [0.1, 0.15) is 5.52 Å². The maximum atomic E-state index is 14.3. The van der Waals surface area contributed by atoms with Crippen molar-refractivity contribution in [3.63, 3.8) is 0 Å². The van der Waals surface area contributed by atoms with Crippen LogP contribution in [0.3, 0.4) is 0 Å². The summed E-state index contributed by atoms with van der Waals surface area (Å²) >= 11 is 0. The molecule has 0 unspecified atom stereocenters. The molecule has 0 atom stereocenters. The highest BCUT2D eigenvalue weighted by Crippen LogP contribution is 2.27. The highest BCUT2D eigenvalue weighted by Gasteiger charge is 2.16. The van der Waals surface area contributed by atoms with Crippen molar-refractivity contribution in [3.05, 3.63) is 29.2 Å². The molecular formula is C13H17FN2. The monoisotopic (exact) mass is 220 g/mol. The molecule has 0 aliphatic carbocycles. The first-order valence-corrected chi connectivity index (χ1v) is 5.70. The minimum Gasteiger partial charge on any atom is -0.265 e. The van der Waals surface area contributed by atoms with Gasteiger partial charge < -0.3 is 0 Å². The first-order chi connectivity index (χ1) is 7.56. The Labute approximate surface area is 95.1 Å². The van der Waals surface area contributed by atoms with Crippen LogP contribution in [0.25, 0.3) is 10.9 Å². The van der Waals surface area contributed by atoms with Crippen LogP contribution in [-0.4, -0.2) is 9.78 Å². The van der Waals surface area contributed by atoms with E-state index in [0.29, 0.717) is 5.52 Å². The van der Waals surface area contributed by atoms with E-state index in [0.717, 1.165) is 23.1 Å². The Balaban J connectivity index is 2.79. The second-order valence-electron chi connectivity index (χ2n) is 4.44. The zero-order chi connectivity index (χ0) is 11.9. The number of fused-ring (bicyclic) bond motifs is 1. The number of halogens is 1. The SMILES string of the molecule is CCc1nn(C)c2c(F)c(C(C)C)ccc12. The summed E-state index contributed by atoms with van der Waals surface area (Å²) < 4.78 is 15.9. The fourth-order valence-corrected chi connectivity index (χ4v) is 2.12. The van der Waals surface area contributed by atoms with E-state index in [-0.39, 0.29) is 11.7 Å². The smallest absolute Gasteiger partial charge is 0.152 e. The molecule has 2 nitrogen and oxygen atoms in total. The Kier molecular flexibility index (Phi) is 2.70. The Hall–Kier alpha value is -1.38. The third-order valence-electron chi connectivity index (χ3n) is 3.01. The van der Waals surface area contributed by atoms with Crippen LogP contribution < -0.4 is 0 Å². The lowest BCUT2D eigenvalue weighted by molar-refractivity contribution is 0.598. The van der Waals surface area contributed by atoms with E-state index in [9.17, 15) is 4.39 Å². The molecule has 0 N–H and O–H groups in total. The summed E-state index contributed by atoms with van der Waals surface area (Å²) in [6.07, 6.45) is 0.831. The van der Waals surface area contributed by atoms with E-state index in [1.807, 2.05) is 32.9 Å². The molecular weight excluding hydrogens is 203 g/mol. The molecule has 0 amide bonds. The normalized spacial score (nSPS) is 11.6. The van der Waals surface area contributed by atoms with Crippen molar-refractivity contribution >= 4 is 10.9 Å². The average molecular weight is 220 g/mol. The zero-order valence-corrected chi connectivity index (χ0v) is 10.2. The van der Waals surface area contributed by atoms with Crippen LogP contribution in [0, 0.1) is 5.82 Å². The van der Waals surface area contributed by atoms with Gasteiger partial charge >= 0.3 is 0 Å². The lowest BCUT2D eigenvalue weighted by Crippen LogP contribution is -1.97. The molecule has 1 aromatic heterocycles. The molecule has 0 saturated carbocycles. The first-order valence-electron chi connectivity index (χ1n) is 5.70. The lowest BCUT2D eigenvalue weighted by atomic mass is 10.0. The first kappa shape index (κ1) is 11.1. The summed E-state index contributed by atoms with van der Waals surface area (Å²) in [6, 6.07) is 3.86. The number of hydrogen-bond donors (Lipinski definition) is 0. The van der Waals surface area contributed by atoms with Crippen molar-refractivity contribution in [1.29, 1.82) is 0 Å². The van der Waals surface area contributed by atoms with E-state index in [1.165, 1.54) is 0 Å². The zero-order valence-electron chi connectivity index (χ0n) is 10.2. The fourth-order valence-electron chi connectivity index (χ4n) is 2.12. The quantitative estimate of drug-likeness (QED) is 0.758. The Bertz CT molecular complexity index is 526. The van der Waals surface area contributed by atoms with Crippen LogP contribution in [0.15, 0.2) is 12.1 Å². The van der Waals surface area contributed by atoms with Crippen molar-refractivity contribution in [2.75, 3.05) is 0 Å². The van der Waals surface area contributed by atoms with Crippen LogP contribution in [0.5, 0.6) is 0 Å². The Morgan fingerprint density at radius 1 is 1.38 bits per heavy atom. The summed E-state index contributed by atoms with van der Waals surface area (Å²) in [4.78, 5) is 0. The van der Waals surface area contributed by atoms with Crippen LogP contribution in [0.1, 0.15) is 37.9 Å². The highest BCUT2D eigenvalue weighted by molar-refractivity contribution is 5.83. The van der Waals surface area contributed by atoms with Gasteiger partial charge in [0.05, 0.1) is 5.69 Å². The van der Waals surface area contributed by atoms with E-state index >= 15 is 0 Å². The molecule has 0 bridgehead atoms. The minimum absolute atomic E-state index is 0.123. The number of hydrogen-bond acceptors (Lipinski definition) is 1. The van der Waals surface area contributed by atoms with Gasteiger partial charge in [-0.2, -0.15) is 5.10 Å². The second kappa shape index (κ2) is 3.89. The summed E-state index contributed by atoms with van der Waals surface area (Å²) in [5.74, 6) is 0.0755. The molecule has 16 heavy (non-hydrogen) atoms. The molecule has 2 aromatic rings. The molecule has 0 aliphatic rings. The second-order valence-corrected chi connectivity index (χ2v) is 4.44. The largest absolute Gasteiger partial charge is 0.265 e. The topological polar surface area (TPSA) is 17.8 Å². The molecule has 0 aliphatic heterocycles. The molecule has 0 saturated heterocycles. The number of aromatic nitrogens is 2. The van der Waals surface area contributed by atoms with Crippen molar-refractivity contribution in [3.8, 4) is 0 Å². The van der Waals surface area contributed by atoms with Gasteiger partial charge in [-0.15, -0.1) is 0 Å². The van der Waals surface area contributed by atoms with Gasteiger partial charge in [-0.3, -0.25) is 4.68 Å². The van der Waals surface area contributed by atoms with Crippen LogP contribution in [-0.2, 0) is 13.5 Å². The van der Waals surface area contributed by atoms with E-state index < -0.39 is 0 Å². The van der Waals surface area contributed by atoms with Crippen LogP contribution in [0.4, 0.5) is 4.39 Å². The third-order valence-corrected chi connectivity index (χ3v) is 3.01. The number of aryl methyl sites for hydroxylation is 2. The average Bonchev–Trinajstić information content (AvgIpc) is 2.56. The molecule has 0 radical (unpaired) electrons. The number of rotatable bonds is 2. The molecule has 1 heterocycles. The van der Waals surface area contributed by atoms with Crippen molar-refractivity contribution in [2.24, 2.45) is 7.05 Å². The fraction of sp³-hybridized carbons (Fsp3) is 0.462. The van der Waals surface area contributed by atoms with Crippen LogP contribution >= 0.6 is 0 Å².